The number of nitrogens with zero attached hydrogens (tertiary/aromatic N) is 16. The highest BCUT2D eigenvalue weighted by atomic mass is 35.5. The molecule has 0 aliphatic carbocycles. The lowest BCUT2D eigenvalue weighted by atomic mass is 9.88. The molecular weight excluding hydrogens is 1770 g/mol. The minimum absolute atomic E-state index is 0.0394. The molecule has 5 N–H and O–H groups in total. The van der Waals surface area contributed by atoms with Crippen molar-refractivity contribution in [2.75, 3.05) is 127 Å². The number of fused-ring (bicyclic) bond motifs is 3. The van der Waals surface area contributed by atoms with Gasteiger partial charge in [-0.2, -0.15) is 41.3 Å². The first kappa shape index (κ1) is 92.1. The van der Waals surface area contributed by atoms with Crippen LogP contribution in [0.5, 0.6) is 0 Å². The van der Waals surface area contributed by atoms with Gasteiger partial charge in [-0.05, 0) is 260 Å². The van der Waals surface area contributed by atoms with E-state index in [-0.39, 0.29) is 73.5 Å². The number of nitrogens with one attached hydrogen (secondary N) is 5. The van der Waals surface area contributed by atoms with Gasteiger partial charge in [-0.15, -0.1) is 11.3 Å². The van der Waals surface area contributed by atoms with E-state index in [9.17, 15) is 40.7 Å². The summed E-state index contributed by atoms with van der Waals surface area (Å²) in [6.45, 7) is 16.7. The Morgan fingerprint density at radius 3 is 1.60 bits per heavy atom. The summed E-state index contributed by atoms with van der Waals surface area (Å²) in [5, 5.41) is 20.6. The Balaban J connectivity index is 0.000000134. The zero-order valence-electron chi connectivity index (χ0n) is 74.7. The van der Waals surface area contributed by atoms with Crippen molar-refractivity contribution < 1.29 is 26.3 Å². The lowest BCUT2D eigenvalue weighted by molar-refractivity contribution is -0.140. The highest BCUT2D eigenvalue weighted by Crippen LogP contribution is 2.43. The van der Waals surface area contributed by atoms with Crippen molar-refractivity contribution in [1.29, 1.82) is 0 Å². The van der Waals surface area contributed by atoms with Crippen LogP contribution in [-0.4, -0.2) is 186 Å². The monoisotopic (exact) mass is 1870 g/mol. The van der Waals surface area contributed by atoms with Crippen LogP contribution in [-0.2, 0) is 12.7 Å². The van der Waals surface area contributed by atoms with Crippen LogP contribution in [0.2, 0.25) is 10.0 Å². The third-order valence-electron chi connectivity index (χ3n) is 26.4. The number of anilines is 7. The molecular formula is C101H103Cl2F6N21O3S. The molecule has 6 aliphatic heterocycles. The van der Waals surface area contributed by atoms with Gasteiger partial charge >= 0.3 is 12.4 Å². The molecule has 0 radical (unpaired) electrons. The average molecular weight is 1880 g/mol. The molecule has 0 bridgehead atoms. The Morgan fingerprint density at radius 2 is 1.03 bits per heavy atom. The Bertz CT molecular complexity index is 6790. The Hall–Kier alpha value is -12.3. The summed E-state index contributed by atoms with van der Waals surface area (Å²) in [5.41, 5.74) is 9.51. The molecule has 0 saturated carbocycles. The number of pyridine rings is 4. The van der Waals surface area contributed by atoms with Crippen LogP contribution < -0.4 is 48.2 Å². The van der Waals surface area contributed by atoms with E-state index >= 15 is 0 Å². The highest BCUT2D eigenvalue weighted by molar-refractivity contribution is 7.12. The first-order chi connectivity index (χ1) is 64.7. The second kappa shape index (κ2) is 40.1. The topological polar surface area (TPSA) is 245 Å². The zero-order valence-corrected chi connectivity index (χ0v) is 77.1. The smallest absolute Gasteiger partial charge is 0.375 e. The van der Waals surface area contributed by atoms with Gasteiger partial charge in [0.2, 0.25) is 17.8 Å². The molecule has 8 aromatic heterocycles. The van der Waals surface area contributed by atoms with Gasteiger partial charge in [0.1, 0.15) is 12.2 Å². The first-order valence-electron chi connectivity index (χ1n) is 45.5. The molecule has 4 atom stereocenters. The number of allylic oxidation sites excluding steroid dienone is 1. The van der Waals surface area contributed by atoms with Crippen molar-refractivity contribution in [2.24, 2.45) is 0 Å². The predicted molar refractivity (Wildman–Crippen MR) is 521 cm³/mol. The Labute approximate surface area is 785 Å². The van der Waals surface area contributed by atoms with E-state index in [2.05, 4.69) is 137 Å². The number of hydrogen-bond donors (Lipinski definition) is 5. The summed E-state index contributed by atoms with van der Waals surface area (Å²) >= 11 is 14.7. The largest absolute Gasteiger partial charge is 0.417 e. The van der Waals surface area contributed by atoms with Gasteiger partial charge in [0.25, 0.3) is 16.7 Å². The standard InChI is InChI=1S/C36H37ClN6O.C34H33F3N8OS.C31H33ClF3N7O/c1-41-17-14-25(15-18-41)26-10-13-31(33(37)21-26)32-20-28-22-38-36(40-34(28)43(35(32)44)30-6-4-3-5-7-30)39-29-11-8-24(9-12-29)27-16-19-42(2)23-27;1-21(2)44-13-9-23(20-44)22-3-8-27(29(18-22)34(35,36)37)28-17-24-19-40-32(42-30(24)45(31(28)46)33-39-12-16-47-33)41-25-4-6-26(7-5-25)43-14-10-38-11-15-43;1-41-12-3-2-6-26(41)21-14-25(32)27(37-16-21)24-13-22-17-38-30(40-28(22)42(29(24)43)18-31(33,34)35)39-23-9-7-19(8-10-23)20-5-4-11-36-15-20/h3-13,20-22,25,27H,14-19,23H2,1-2H3,(H,38,39,40);3-8,12,16-19,23,38H,1,9-11,13-15,20H2,2H3,(H,40,41,42);7-10,13-14,16-17,20,26,36H,2-6,11-12,15,18H2,1H3,(H,38,39,40). The van der Waals surface area contributed by atoms with Gasteiger partial charge in [0.05, 0.1) is 27.5 Å². The van der Waals surface area contributed by atoms with E-state index in [0.29, 0.717) is 72.8 Å². The molecule has 134 heavy (non-hydrogen) atoms. The van der Waals surface area contributed by atoms with Crippen molar-refractivity contribution in [3.8, 4) is 44.3 Å². The fourth-order valence-corrected chi connectivity index (χ4v) is 20.4. The minimum Gasteiger partial charge on any atom is -0.375 e. The molecule has 6 fully saturated rings. The van der Waals surface area contributed by atoms with E-state index in [4.69, 9.17) is 28.2 Å². The number of hydrogen-bond acceptors (Lipinski definition) is 22. The molecule has 0 spiro atoms. The molecule has 4 unspecified atom stereocenters. The van der Waals surface area contributed by atoms with Crippen molar-refractivity contribution in [1.82, 2.24) is 83.8 Å². The van der Waals surface area contributed by atoms with Gasteiger partial charge in [-0.25, -0.2) is 24.5 Å². The van der Waals surface area contributed by atoms with E-state index in [1.165, 1.54) is 81.9 Å². The molecule has 692 valence electrons. The summed E-state index contributed by atoms with van der Waals surface area (Å²) in [7, 11) is 6.38. The summed E-state index contributed by atoms with van der Waals surface area (Å²) in [6.07, 6.45) is 8.08. The normalized spacial score (nSPS) is 18.3. The maximum atomic E-state index is 14.6. The van der Waals surface area contributed by atoms with Crippen LogP contribution in [0.15, 0.2) is 227 Å². The molecule has 20 rings (SSSR count). The van der Waals surface area contributed by atoms with E-state index in [1.807, 2.05) is 111 Å². The van der Waals surface area contributed by atoms with Crippen molar-refractivity contribution in [3.05, 3.63) is 287 Å². The molecule has 6 aromatic carbocycles. The number of rotatable bonds is 19. The SMILES string of the molecule is C=C(C)N1CCC(c2ccc(-c3cc4cnc(Nc5ccc(N6CCNCC6)cc5)nc4n(-c4nccs4)c3=O)c(C(F)(F)F)c2)C1.CN1CCC(c2ccc(-c3cc4cnc(Nc5ccc(C6CCN(C)C6)cc5)nc4n(-c4ccccc4)c3=O)c(Cl)c2)CC1.CN1CCCCC1c1cnc(-c2cc3cnc(Nc4ccc(C5CCCNC5)cc4)nc3n(CC(F)(F)F)c2=O)c(Cl)c1. The van der Waals surface area contributed by atoms with Crippen molar-refractivity contribution >= 4 is 108 Å². The zero-order chi connectivity index (χ0) is 93.1. The van der Waals surface area contributed by atoms with Crippen LogP contribution >= 0.6 is 34.5 Å². The maximum Gasteiger partial charge on any atom is 0.417 e. The average Bonchev–Trinajstić information content (AvgIpc) is 0.781. The predicted octanol–water partition coefficient (Wildman–Crippen LogP) is 19.9. The van der Waals surface area contributed by atoms with E-state index in [1.54, 1.807) is 34.5 Å². The molecule has 6 aliphatic rings. The van der Waals surface area contributed by atoms with Gasteiger partial charge in [-0.1, -0.05) is 103 Å². The molecule has 33 heteroatoms. The molecule has 14 aromatic rings. The number of likely N-dealkylation sites (tertiary alicyclic amines) is 4. The third kappa shape index (κ3) is 20.8. The van der Waals surface area contributed by atoms with E-state index < -0.39 is 35.6 Å². The minimum atomic E-state index is -4.68. The summed E-state index contributed by atoms with van der Waals surface area (Å²) < 4.78 is 88.6. The molecule has 0 amide bonds. The fourth-order valence-electron chi connectivity index (χ4n) is 19.2. The molecule has 24 nitrogen and oxygen atoms in total. The number of para-hydroxylation sites is 1. The summed E-state index contributed by atoms with van der Waals surface area (Å²) in [6, 6.07) is 51.1. The highest BCUT2D eigenvalue weighted by Gasteiger charge is 2.38. The van der Waals surface area contributed by atoms with Crippen molar-refractivity contribution in [3.63, 3.8) is 0 Å². The number of halogens is 8. The van der Waals surface area contributed by atoms with Crippen molar-refractivity contribution in [2.45, 2.75) is 113 Å². The van der Waals surface area contributed by atoms with Crippen LogP contribution in [0.3, 0.4) is 0 Å². The number of benzene rings is 6. The van der Waals surface area contributed by atoms with Crippen LogP contribution in [0, 0.1) is 0 Å². The number of piperidine rings is 3. The van der Waals surface area contributed by atoms with Crippen LogP contribution in [0.1, 0.15) is 128 Å². The lowest BCUT2D eigenvalue weighted by Gasteiger charge is -2.32. The first-order valence-corrected chi connectivity index (χ1v) is 47.1. The van der Waals surface area contributed by atoms with Gasteiger partial charge in [0, 0.05) is 167 Å². The maximum absolute atomic E-state index is 14.6. The van der Waals surface area contributed by atoms with Gasteiger partial charge < -0.3 is 46.2 Å². The number of alkyl halides is 6. The van der Waals surface area contributed by atoms with Crippen LogP contribution in [0.4, 0.5) is 66.9 Å². The summed E-state index contributed by atoms with van der Waals surface area (Å²) in [4.78, 5) is 89.3. The lowest BCUT2D eigenvalue weighted by Crippen LogP contribution is -2.43. The second-order valence-electron chi connectivity index (χ2n) is 35.6. The molecule has 14 heterocycles. The Morgan fingerprint density at radius 1 is 0.478 bits per heavy atom. The quantitative estimate of drug-likeness (QED) is 0.0472. The second-order valence-corrected chi connectivity index (χ2v) is 37.3. The Kier molecular flexibility index (Phi) is 27.6. The number of thiazole rings is 1. The van der Waals surface area contributed by atoms with Crippen LogP contribution in [0.25, 0.3) is 77.4 Å². The van der Waals surface area contributed by atoms with Gasteiger partial charge in [0.15, 0.2) is 16.4 Å². The molecule has 6 saturated heterocycles. The number of piperazine rings is 1. The van der Waals surface area contributed by atoms with E-state index in [0.717, 1.165) is 175 Å². The summed E-state index contributed by atoms with van der Waals surface area (Å²) in [5.74, 6) is 2.18. The van der Waals surface area contributed by atoms with Gasteiger partial charge in [-0.3, -0.25) is 33.4 Å². The third-order valence-corrected chi connectivity index (χ3v) is 27.8. The number of likely N-dealkylation sites (N-methyl/N-ethyl adjacent to an activating group) is 1. The number of aromatic nitrogens is 11. The fraction of sp³-hybridized carbons (Fsp3) is 0.337.